The monoisotopic (exact) mass is 227 g/mol. The standard InChI is InChI=1S/C10H14ClN3O/c1-7-5-14(6-8(2)15-7)10-12-4-3-9(11)13-10/h3-4,7-8H,5-6H2,1-2H3/t7-,8+. The van der Waals surface area contributed by atoms with Crippen LogP contribution in [0.15, 0.2) is 12.3 Å². The van der Waals surface area contributed by atoms with Crippen molar-refractivity contribution in [2.24, 2.45) is 0 Å². The Morgan fingerprint density at radius 2 is 2.07 bits per heavy atom. The summed E-state index contributed by atoms with van der Waals surface area (Å²) in [5.41, 5.74) is 0. The Morgan fingerprint density at radius 1 is 1.40 bits per heavy atom. The van der Waals surface area contributed by atoms with Gasteiger partial charge in [0.25, 0.3) is 0 Å². The highest BCUT2D eigenvalue weighted by atomic mass is 35.5. The van der Waals surface area contributed by atoms with Crippen molar-refractivity contribution in [3.63, 3.8) is 0 Å². The van der Waals surface area contributed by atoms with Crippen LogP contribution in [0.3, 0.4) is 0 Å². The van der Waals surface area contributed by atoms with Gasteiger partial charge in [-0.3, -0.25) is 0 Å². The van der Waals surface area contributed by atoms with Crippen LogP contribution in [0.2, 0.25) is 5.15 Å². The smallest absolute Gasteiger partial charge is 0.226 e. The number of halogens is 1. The number of aromatic nitrogens is 2. The Bertz CT molecular complexity index is 337. The quantitative estimate of drug-likeness (QED) is 0.685. The molecule has 0 saturated carbocycles. The minimum absolute atomic E-state index is 0.205. The van der Waals surface area contributed by atoms with Crippen molar-refractivity contribution in [1.82, 2.24) is 9.97 Å². The number of nitrogens with zero attached hydrogens (tertiary/aromatic N) is 3. The first-order valence-electron chi connectivity index (χ1n) is 5.04. The molecule has 1 aromatic rings. The third-order valence-electron chi connectivity index (χ3n) is 2.31. The second kappa shape index (κ2) is 4.33. The van der Waals surface area contributed by atoms with Gasteiger partial charge >= 0.3 is 0 Å². The second-order valence-electron chi connectivity index (χ2n) is 3.84. The van der Waals surface area contributed by atoms with Gasteiger partial charge in [-0.25, -0.2) is 9.97 Å². The molecule has 0 radical (unpaired) electrons. The molecule has 1 aliphatic rings. The number of hydrogen-bond acceptors (Lipinski definition) is 4. The Balaban J connectivity index is 2.16. The fourth-order valence-electron chi connectivity index (χ4n) is 1.82. The van der Waals surface area contributed by atoms with Gasteiger partial charge in [0, 0.05) is 19.3 Å². The number of anilines is 1. The predicted octanol–water partition coefficient (Wildman–Crippen LogP) is 1.74. The van der Waals surface area contributed by atoms with Crippen molar-refractivity contribution < 1.29 is 4.74 Å². The molecular formula is C10H14ClN3O. The Labute approximate surface area is 94.2 Å². The second-order valence-corrected chi connectivity index (χ2v) is 4.23. The maximum absolute atomic E-state index is 5.83. The molecule has 0 spiro atoms. The zero-order chi connectivity index (χ0) is 10.8. The lowest BCUT2D eigenvalue weighted by atomic mass is 10.2. The third kappa shape index (κ3) is 2.58. The Hall–Kier alpha value is -0.870. The number of hydrogen-bond donors (Lipinski definition) is 0. The van der Waals surface area contributed by atoms with E-state index in [1.54, 1.807) is 12.3 Å². The van der Waals surface area contributed by atoms with E-state index in [1.807, 2.05) is 13.8 Å². The van der Waals surface area contributed by atoms with E-state index in [-0.39, 0.29) is 12.2 Å². The molecule has 1 saturated heterocycles. The largest absolute Gasteiger partial charge is 0.372 e. The van der Waals surface area contributed by atoms with Crippen LogP contribution in [0, 0.1) is 0 Å². The van der Waals surface area contributed by atoms with Gasteiger partial charge in [-0.1, -0.05) is 11.6 Å². The molecule has 82 valence electrons. The van der Waals surface area contributed by atoms with Gasteiger partial charge in [-0.2, -0.15) is 0 Å². The molecule has 0 bridgehead atoms. The Kier molecular flexibility index (Phi) is 3.07. The molecule has 4 nitrogen and oxygen atoms in total. The van der Waals surface area contributed by atoms with E-state index in [2.05, 4.69) is 14.9 Å². The van der Waals surface area contributed by atoms with Crippen molar-refractivity contribution >= 4 is 17.5 Å². The van der Waals surface area contributed by atoms with E-state index >= 15 is 0 Å². The summed E-state index contributed by atoms with van der Waals surface area (Å²) >= 11 is 5.83. The summed E-state index contributed by atoms with van der Waals surface area (Å²) in [6.07, 6.45) is 2.09. The van der Waals surface area contributed by atoms with Crippen molar-refractivity contribution in [1.29, 1.82) is 0 Å². The van der Waals surface area contributed by atoms with Crippen LogP contribution in [0.5, 0.6) is 0 Å². The average molecular weight is 228 g/mol. The summed E-state index contributed by atoms with van der Waals surface area (Å²) in [4.78, 5) is 10.5. The summed E-state index contributed by atoms with van der Waals surface area (Å²) in [7, 11) is 0. The van der Waals surface area contributed by atoms with E-state index in [9.17, 15) is 0 Å². The fraction of sp³-hybridized carbons (Fsp3) is 0.600. The van der Waals surface area contributed by atoms with E-state index in [0.717, 1.165) is 13.1 Å². The van der Waals surface area contributed by atoms with E-state index < -0.39 is 0 Å². The molecule has 2 atom stereocenters. The number of morpholine rings is 1. The van der Waals surface area contributed by atoms with Crippen molar-refractivity contribution in [3.8, 4) is 0 Å². The summed E-state index contributed by atoms with van der Waals surface area (Å²) in [6, 6.07) is 1.68. The lowest BCUT2D eigenvalue weighted by Gasteiger charge is -2.35. The van der Waals surface area contributed by atoms with Gasteiger partial charge in [0.05, 0.1) is 12.2 Å². The lowest BCUT2D eigenvalue weighted by molar-refractivity contribution is -0.00572. The van der Waals surface area contributed by atoms with Gasteiger partial charge in [0.2, 0.25) is 5.95 Å². The summed E-state index contributed by atoms with van der Waals surface area (Å²) < 4.78 is 5.64. The van der Waals surface area contributed by atoms with Gasteiger partial charge in [0.15, 0.2) is 0 Å². The summed E-state index contributed by atoms with van der Waals surface area (Å²) in [6.45, 7) is 5.72. The predicted molar refractivity (Wildman–Crippen MR) is 59.3 cm³/mol. The summed E-state index contributed by atoms with van der Waals surface area (Å²) in [5, 5.41) is 0.479. The number of rotatable bonds is 1. The zero-order valence-corrected chi connectivity index (χ0v) is 9.61. The van der Waals surface area contributed by atoms with Crippen molar-refractivity contribution in [2.45, 2.75) is 26.1 Å². The third-order valence-corrected chi connectivity index (χ3v) is 2.52. The summed E-state index contributed by atoms with van der Waals surface area (Å²) in [5.74, 6) is 0.685. The molecule has 0 amide bonds. The number of ether oxygens (including phenoxy) is 1. The van der Waals surface area contributed by atoms with Crippen LogP contribution in [0.4, 0.5) is 5.95 Å². The van der Waals surface area contributed by atoms with Crippen LogP contribution in [-0.4, -0.2) is 35.3 Å². The molecule has 1 aliphatic heterocycles. The SMILES string of the molecule is C[C@@H]1CN(c2nccc(Cl)n2)C[C@H](C)O1. The van der Waals surface area contributed by atoms with Crippen LogP contribution in [-0.2, 0) is 4.74 Å². The molecule has 15 heavy (non-hydrogen) atoms. The van der Waals surface area contributed by atoms with Crippen LogP contribution >= 0.6 is 11.6 Å². The molecule has 5 heteroatoms. The molecule has 1 fully saturated rings. The van der Waals surface area contributed by atoms with E-state index in [0.29, 0.717) is 11.1 Å². The van der Waals surface area contributed by atoms with Crippen LogP contribution in [0.1, 0.15) is 13.8 Å². The van der Waals surface area contributed by atoms with Gasteiger partial charge < -0.3 is 9.64 Å². The first-order chi connectivity index (χ1) is 7.15. The molecule has 2 heterocycles. The highest BCUT2D eigenvalue weighted by Crippen LogP contribution is 2.17. The van der Waals surface area contributed by atoms with E-state index in [1.165, 1.54) is 0 Å². The lowest BCUT2D eigenvalue weighted by Crippen LogP contribution is -2.46. The van der Waals surface area contributed by atoms with E-state index in [4.69, 9.17) is 16.3 Å². The minimum atomic E-state index is 0.205. The van der Waals surface area contributed by atoms with Gasteiger partial charge in [-0.15, -0.1) is 0 Å². The first kappa shape index (κ1) is 10.6. The molecule has 2 rings (SSSR count). The molecule has 0 N–H and O–H groups in total. The highest BCUT2D eigenvalue weighted by molar-refractivity contribution is 6.29. The minimum Gasteiger partial charge on any atom is -0.372 e. The Morgan fingerprint density at radius 3 is 2.67 bits per heavy atom. The molecular weight excluding hydrogens is 214 g/mol. The maximum Gasteiger partial charge on any atom is 0.226 e. The van der Waals surface area contributed by atoms with Crippen molar-refractivity contribution in [3.05, 3.63) is 17.4 Å². The zero-order valence-electron chi connectivity index (χ0n) is 8.85. The highest BCUT2D eigenvalue weighted by Gasteiger charge is 2.23. The van der Waals surface area contributed by atoms with Crippen LogP contribution < -0.4 is 4.90 Å². The van der Waals surface area contributed by atoms with Crippen LogP contribution in [0.25, 0.3) is 0 Å². The normalized spacial score (nSPS) is 26.7. The maximum atomic E-state index is 5.83. The molecule has 0 unspecified atom stereocenters. The van der Waals surface area contributed by atoms with Gasteiger partial charge in [0.1, 0.15) is 5.15 Å². The fourth-order valence-corrected chi connectivity index (χ4v) is 1.95. The molecule has 0 aromatic carbocycles. The van der Waals surface area contributed by atoms with Crippen molar-refractivity contribution in [2.75, 3.05) is 18.0 Å². The first-order valence-corrected chi connectivity index (χ1v) is 5.42. The van der Waals surface area contributed by atoms with Gasteiger partial charge in [-0.05, 0) is 19.9 Å². The molecule has 1 aromatic heterocycles. The topological polar surface area (TPSA) is 38.2 Å². The average Bonchev–Trinajstić information content (AvgIpc) is 2.16. The molecule has 0 aliphatic carbocycles.